The van der Waals surface area contributed by atoms with Crippen LogP contribution in [0.1, 0.15) is 19.0 Å². The standard InChI is InChI=1S/C10H16N2O4S2/c1-6-9(17-10(13)12-6)18(14,15)11-5-8-3-4-16-7(8)2/h7-8,11H,3-5H2,1-2H3,(H,12,13). The fourth-order valence-corrected chi connectivity index (χ4v) is 4.41. The number of H-pyrrole nitrogens is 1. The van der Waals surface area contributed by atoms with Gasteiger partial charge in [0.2, 0.25) is 0 Å². The SMILES string of the molecule is Cc1[nH]c(=O)sc1S(=O)(=O)NCC1CCOC1C. The molecule has 0 radical (unpaired) electrons. The summed E-state index contributed by atoms with van der Waals surface area (Å²) in [5.74, 6) is 0.191. The lowest BCUT2D eigenvalue weighted by atomic mass is 10.0. The summed E-state index contributed by atoms with van der Waals surface area (Å²) in [5, 5.41) is 0. The minimum absolute atomic E-state index is 0.0683. The van der Waals surface area contributed by atoms with E-state index in [0.29, 0.717) is 30.2 Å². The highest BCUT2D eigenvalue weighted by Gasteiger charge is 2.27. The van der Waals surface area contributed by atoms with Crippen molar-refractivity contribution in [3.8, 4) is 0 Å². The van der Waals surface area contributed by atoms with E-state index >= 15 is 0 Å². The van der Waals surface area contributed by atoms with Crippen LogP contribution in [-0.4, -0.2) is 32.7 Å². The summed E-state index contributed by atoms with van der Waals surface area (Å²) in [4.78, 5) is 13.2. The third-order valence-electron chi connectivity index (χ3n) is 3.09. The summed E-state index contributed by atoms with van der Waals surface area (Å²) in [5.41, 5.74) is 0.383. The maximum Gasteiger partial charge on any atom is 0.305 e. The Hall–Kier alpha value is -0.700. The molecule has 8 heteroatoms. The number of hydrogen-bond acceptors (Lipinski definition) is 5. The van der Waals surface area contributed by atoms with Crippen LogP contribution in [0.5, 0.6) is 0 Å². The monoisotopic (exact) mass is 292 g/mol. The number of aromatic nitrogens is 1. The van der Waals surface area contributed by atoms with E-state index in [4.69, 9.17) is 4.74 Å². The quantitative estimate of drug-likeness (QED) is 0.843. The van der Waals surface area contributed by atoms with Gasteiger partial charge in [0.25, 0.3) is 10.0 Å². The molecule has 1 saturated heterocycles. The molecule has 1 fully saturated rings. The Morgan fingerprint density at radius 3 is 2.78 bits per heavy atom. The fourth-order valence-electron chi connectivity index (χ4n) is 1.97. The third kappa shape index (κ3) is 2.82. The Kier molecular flexibility index (Phi) is 3.90. The van der Waals surface area contributed by atoms with Crippen LogP contribution in [0.25, 0.3) is 0 Å². The van der Waals surface area contributed by atoms with Gasteiger partial charge in [-0.05, 0) is 20.3 Å². The van der Waals surface area contributed by atoms with Crippen LogP contribution in [-0.2, 0) is 14.8 Å². The molecule has 1 aromatic heterocycles. The summed E-state index contributed by atoms with van der Waals surface area (Å²) < 4.78 is 32.0. The lowest BCUT2D eigenvalue weighted by molar-refractivity contribution is 0.107. The van der Waals surface area contributed by atoms with E-state index in [1.54, 1.807) is 6.92 Å². The maximum atomic E-state index is 12.0. The molecule has 2 heterocycles. The van der Waals surface area contributed by atoms with Gasteiger partial charge < -0.3 is 9.72 Å². The summed E-state index contributed by atoms with van der Waals surface area (Å²) in [6, 6.07) is 0. The van der Waals surface area contributed by atoms with Gasteiger partial charge in [0.05, 0.1) is 6.10 Å². The highest BCUT2D eigenvalue weighted by molar-refractivity contribution is 7.91. The van der Waals surface area contributed by atoms with Crippen LogP contribution in [0.4, 0.5) is 0 Å². The van der Waals surface area contributed by atoms with Gasteiger partial charge in [0.15, 0.2) is 4.21 Å². The lowest BCUT2D eigenvalue weighted by Gasteiger charge is -2.14. The molecule has 2 rings (SSSR count). The molecule has 0 aliphatic carbocycles. The first-order valence-corrected chi connectivity index (χ1v) is 8.01. The van der Waals surface area contributed by atoms with Crippen LogP contribution in [0, 0.1) is 12.8 Å². The first-order chi connectivity index (χ1) is 8.40. The summed E-state index contributed by atoms with van der Waals surface area (Å²) >= 11 is 0.712. The van der Waals surface area contributed by atoms with Gasteiger partial charge in [0, 0.05) is 24.8 Å². The van der Waals surface area contributed by atoms with Gasteiger partial charge in [-0.2, -0.15) is 0 Å². The van der Waals surface area contributed by atoms with Crippen molar-refractivity contribution in [2.24, 2.45) is 5.92 Å². The van der Waals surface area contributed by atoms with Crippen LogP contribution < -0.4 is 9.60 Å². The van der Waals surface area contributed by atoms with Crippen LogP contribution in [0.2, 0.25) is 0 Å². The van der Waals surface area contributed by atoms with Gasteiger partial charge in [-0.3, -0.25) is 4.79 Å². The van der Waals surface area contributed by atoms with Crippen molar-refractivity contribution in [2.45, 2.75) is 30.6 Å². The van der Waals surface area contributed by atoms with E-state index in [-0.39, 0.29) is 21.1 Å². The summed E-state index contributed by atoms with van der Waals surface area (Å²) in [6.07, 6.45) is 0.922. The second-order valence-corrected chi connectivity index (χ2v) is 7.35. The lowest BCUT2D eigenvalue weighted by Crippen LogP contribution is -2.31. The van der Waals surface area contributed by atoms with E-state index in [0.717, 1.165) is 6.42 Å². The molecular weight excluding hydrogens is 276 g/mol. The molecule has 0 bridgehead atoms. The highest BCUT2D eigenvalue weighted by atomic mass is 32.2. The topological polar surface area (TPSA) is 88.3 Å². The molecule has 6 nitrogen and oxygen atoms in total. The molecule has 1 aromatic rings. The molecule has 2 unspecified atom stereocenters. The molecule has 0 saturated carbocycles. The Labute approximate surface area is 109 Å². The molecule has 0 aromatic carbocycles. The molecule has 102 valence electrons. The Morgan fingerprint density at radius 1 is 1.56 bits per heavy atom. The minimum Gasteiger partial charge on any atom is -0.378 e. The Bertz CT molecular complexity index is 575. The molecule has 1 aliphatic rings. The van der Waals surface area contributed by atoms with Crippen molar-refractivity contribution in [2.75, 3.05) is 13.2 Å². The van der Waals surface area contributed by atoms with E-state index in [1.807, 2.05) is 6.92 Å². The largest absolute Gasteiger partial charge is 0.378 e. The predicted octanol–water partition coefficient (Wildman–Crippen LogP) is 0.448. The van der Waals surface area contributed by atoms with Gasteiger partial charge in [-0.15, -0.1) is 0 Å². The first-order valence-electron chi connectivity index (χ1n) is 5.71. The number of nitrogens with one attached hydrogen (secondary N) is 2. The normalized spacial score (nSPS) is 24.6. The molecule has 0 amide bonds. The van der Waals surface area contributed by atoms with E-state index < -0.39 is 10.0 Å². The molecule has 1 aliphatic heterocycles. The second-order valence-electron chi connectivity index (χ2n) is 4.40. The van der Waals surface area contributed by atoms with Crippen molar-refractivity contribution >= 4 is 21.4 Å². The first kappa shape index (κ1) is 13.7. The van der Waals surface area contributed by atoms with Crippen LogP contribution >= 0.6 is 11.3 Å². The van der Waals surface area contributed by atoms with E-state index in [1.165, 1.54) is 0 Å². The fraction of sp³-hybridized carbons (Fsp3) is 0.700. The van der Waals surface area contributed by atoms with Crippen molar-refractivity contribution in [3.63, 3.8) is 0 Å². The van der Waals surface area contributed by atoms with Crippen molar-refractivity contribution in [3.05, 3.63) is 15.4 Å². The molecule has 2 N–H and O–H groups in total. The average molecular weight is 292 g/mol. The van der Waals surface area contributed by atoms with Crippen LogP contribution in [0.3, 0.4) is 0 Å². The van der Waals surface area contributed by atoms with Crippen molar-refractivity contribution in [1.82, 2.24) is 9.71 Å². The van der Waals surface area contributed by atoms with Gasteiger partial charge >= 0.3 is 4.87 Å². The maximum absolute atomic E-state index is 12.0. The zero-order chi connectivity index (χ0) is 13.3. The Morgan fingerprint density at radius 2 is 2.28 bits per heavy atom. The number of thiazole rings is 1. The van der Waals surface area contributed by atoms with E-state index in [9.17, 15) is 13.2 Å². The van der Waals surface area contributed by atoms with Gasteiger partial charge in [-0.1, -0.05) is 11.3 Å². The molecular formula is C10H16N2O4S2. The third-order valence-corrected chi connectivity index (χ3v) is 6.12. The van der Waals surface area contributed by atoms with Crippen LogP contribution in [0.15, 0.2) is 9.00 Å². The number of aryl methyl sites for hydroxylation is 1. The molecule has 2 atom stereocenters. The zero-order valence-electron chi connectivity index (χ0n) is 10.2. The average Bonchev–Trinajstić information content (AvgIpc) is 2.82. The summed E-state index contributed by atoms with van der Waals surface area (Å²) in [6.45, 7) is 4.53. The molecule has 18 heavy (non-hydrogen) atoms. The van der Waals surface area contributed by atoms with Gasteiger partial charge in [0.1, 0.15) is 0 Å². The number of sulfonamides is 1. The highest BCUT2D eigenvalue weighted by Crippen LogP contribution is 2.21. The molecule has 0 spiro atoms. The van der Waals surface area contributed by atoms with Gasteiger partial charge in [-0.25, -0.2) is 13.1 Å². The predicted molar refractivity (Wildman–Crippen MR) is 68.4 cm³/mol. The number of ether oxygens (including phenoxy) is 1. The number of rotatable bonds is 4. The number of aromatic amines is 1. The minimum atomic E-state index is -3.60. The summed E-state index contributed by atoms with van der Waals surface area (Å²) in [7, 11) is -3.60. The zero-order valence-corrected chi connectivity index (χ0v) is 11.9. The second kappa shape index (κ2) is 5.12. The van der Waals surface area contributed by atoms with Crippen molar-refractivity contribution < 1.29 is 13.2 Å². The number of hydrogen-bond donors (Lipinski definition) is 2. The Balaban J connectivity index is 2.08. The van der Waals surface area contributed by atoms with E-state index in [2.05, 4.69) is 9.71 Å². The van der Waals surface area contributed by atoms with Crippen molar-refractivity contribution in [1.29, 1.82) is 0 Å². The smallest absolute Gasteiger partial charge is 0.305 e.